The number of methoxy groups -OCH3 is 3. The minimum absolute atomic E-state index is 0. The number of nitrogens with zero attached hydrogens (tertiary/aromatic N) is 2. The molecule has 10 fully saturated rings. The number of piperidine rings is 2. The minimum atomic E-state index is -0.909. The number of phenolic OH excluding ortho intramolecular Hbond substituents is 1. The molecule has 3 N–H and O–H groups in total. The number of hydrogen-bond donors (Lipinski definition) is 3. The zero-order valence-electron chi connectivity index (χ0n) is 48.6. The van der Waals surface area contributed by atoms with Crippen LogP contribution < -0.4 is 14.2 Å². The maximum Gasteiger partial charge on any atom is 0.165 e. The van der Waals surface area contributed by atoms with E-state index in [1.54, 1.807) is 7.11 Å². The Hall–Kier alpha value is 4.89. The Kier molecular flexibility index (Phi) is 24.3. The van der Waals surface area contributed by atoms with Gasteiger partial charge in [0.1, 0.15) is 23.4 Å². The van der Waals surface area contributed by atoms with Crippen LogP contribution in [0.5, 0.6) is 23.0 Å². The van der Waals surface area contributed by atoms with Crippen molar-refractivity contribution in [3.05, 3.63) is 46.5 Å². The van der Waals surface area contributed by atoms with Crippen LogP contribution in [-0.4, -0.2) is 136 Å². The van der Waals surface area contributed by atoms with Gasteiger partial charge >= 0.3 is 0 Å². The van der Waals surface area contributed by atoms with Crippen LogP contribution in [0.3, 0.4) is 0 Å². The van der Waals surface area contributed by atoms with Crippen molar-refractivity contribution in [1.82, 2.24) is 9.80 Å². The van der Waals surface area contributed by atoms with Crippen molar-refractivity contribution in [3.8, 4) is 23.0 Å². The van der Waals surface area contributed by atoms with Crippen LogP contribution in [0.25, 0.3) is 0 Å². The van der Waals surface area contributed by atoms with Gasteiger partial charge in [-0.25, -0.2) is 0 Å². The topological polar surface area (TPSA) is 113 Å². The summed E-state index contributed by atoms with van der Waals surface area (Å²) in [5.74, 6) is 4.51. The molecule has 0 unspecified atom stereocenters. The summed E-state index contributed by atoms with van der Waals surface area (Å²) in [6.07, 6.45) is 15.6. The number of benzene rings is 2. The molecule has 412 valence electrons. The van der Waals surface area contributed by atoms with Crippen LogP contribution in [-0.2, 0) is 33.1 Å². The first kappa shape index (κ1) is 75.4. The number of aromatic hydroxyl groups is 1. The van der Waals surface area contributed by atoms with Crippen LogP contribution in [0.1, 0.15) is 155 Å². The van der Waals surface area contributed by atoms with Crippen LogP contribution >= 0.6 is 0 Å². The second-order valence-electron chi connectivity index (χ2n) is 27.8. The number of likely N-dealkylation sites (tertiary alicyclic amines) is 2. The fraction of sp³-hybridized carbons (Fsp3) is 0.797. The summed E-state index contributed by atoms with van der Waals surface area (Å²) in [5.41, 5.74) is 2.04. The molecular formula is C59H84B2N2O8U7. The molecule has 2 aromatic carbocycles. The van der Waals surface area contributed by atoms with Gasteiger partial charge in [-0.05, 0) is 163 Å². The maximum atomic E-state index is 12.3. The van der Waals surface area contributed by atoms with E-state index < -0.39 is 22.4 Å². The first-order chi connectivity index (χ1) is 32.6. The molecule has 8 bridgehead atoms. The fourth-order valence-corrected chi connectivity index (χ4v) is 19.3. The Morgan fingerprint density at radius 3 is 1.31 bits per heavy atom. The van der Waals surface area contributed by atoms with Gasteiger partial charge in [-0.1, -0.05) is 53.7 Å². The van der Waals surface area contributed by atoms with Gasteiger partial charge in [0, 0.05) is 319 Å². The van der Waals surface area contributed by atoms with Crippen LogP contribution in [0, 0.1) is 263 Å². The van der Waals surface area contributed by atoms with Crippen LogP contribution in [0.15, 0.2) is 24.3 Å². The van der Waals surface area contributed by atoms with Crippen molar-refractivity contribution in [2.45, 2.75) is 203 Å². The third kappa shape index (κ3) is 9.86. The Bertz CT molecular complexity index is 2510. The van der Waals surface area contributed by atoms with Gasteiger partial charge in [-0.15, -0.1) is 0 Å². The van der Waals surface area contributed by atoms with E-state index >= 15 is 0 Å². The van der Waals surface area contributed by atoms with Gasteiger partial charge in [0.15, 0.2) is 23.0 Å². The molecule has 10 nitrogen and oxygen atoms in total. The van der Waals surface area contributed by atoms with E-state index in [4.69, 9.17) is 23.7 Å². The molecule has 4 heterocycles. The number of fused-ring (bicyclic) bond motifs is 4. The number of aliphatic hydroxyl groups is 2. The average molecular weight is 2640 g/mol. The summed E-state index contributed by atoms with van der Waals surface area (Å²) >= 11 is 0. The van der Waals surface area contributed by atoms with E-state index in [0.29, 0.717) is 17.8 Å². The van der Waals surface area contributed by atoms with Crippen molar-refractivity contribution in [1.29, 1.82) is 0 Å². The zero-order valence-corrected chi connectivity index (χ0v) is 77.7. The number of phenols is 1. The van der Waals surface area contributed by atoms with Gasteiger partial charge in [-0.2, -0.15) is 0 Å². The van der Waals surface area contributed by atoms with E-state index in [-0.39, 0.29) is 297 Å². The molecule has 14 atom stereocenters. The molecule has 14 aliphatic rings. The minimum Gasteiger partial charge on any atom is -0.504 e. The van der Waals surface area contributed by atoms with Gasteiger partial charge in [0.2, 0.25) is 0 Å². The maximum absolute atomic E-state index is 12.3. The first-order valence-corrected chi connectivity index (χ1v) is 27.5. The summed E-state index contributed by atoms with van der Waals surface area (Å²) in [5, 5.41) is 35.4. The Labute approximate surface area is 638 Å². The molecule has 4 aliphatic heterocycles. The van der Waals surface area contributed by atoms with Gasteiger partial charge in [-0.3, -0.25) is 9.80 Å². The third-order valence-electron chi connectivity index (χ3n) is 23.9. The van der Waals surface area contributed by atoms with Crippen LogP contribution in [0.4, 0.5) is 0 Å². The molecule has 8 saturated carbocycles. The van der Waals surface area contributed by atoms with E-state index in [9.17, 15) is 15.3 Å². The number of hydrogen-bond acceptors (Lipinski definition) is 10. The summed E-state index contributed by atoms with van der Waals surface area (Å²) in [6.45, 7) is 21.8. The van der Waals surface area contributed by atoms with Gasteiger partial charge in [0.25, 0.3) is 0 Å². The van der Waals surface area contributed by atoms with Crippen LogP contribution in [0.2, 0.25) is 0 Å². The standard InChI is InChI=1S/C30H43NO4.C29H41NO4.2B.7U/c1-26(2,3)27(4,32)21-16-28-11-12-30(21,34-6)25-29(28)13-14-31(17-18-7-8-18)22(28)15-19-9-10-20(33-5)24(35-25)23(19)29;1-25(2,3)26(4,32)20-15-27-10-11-29(20,33-5)24-28(27)12-13-30(16-17-6-7-17)21(27)14-18-8-9-19(31)23(34-24)22(18)28;;;;;;;;;/h9-10,18,21-22,25,32H,7-8,11-17H2,1-6H3;8-9,17,20-21,24,31-32H,6-7,10-16H2,1-5H3;;;;;;;;;/t21-,22-,25-,27+,28-,29+,30+;20-,21-,24-,26+,27-,28+,29+;;;;;;;;;/m11........./s1. The Balaban J connectivity index is 0.000000302. The molecule has 2 saturated heterocycles. The Morgan fingerprint density at radius 1 is 0.551 bits per heavy atom. The second kappa shape index (κ2) is 25.2. The molecule has 0 amide bonds. The van der Waals surface area contributed by atoms with Crippen molar-refractivity contribution in [3.63, 3.8) is 0 Å². The summed E-state index contributed by atoms with van der Waals surface area (Å²) in [6, 6.07) is 9.40. The van der Waals surface area contributed by atoms with Crippen molar-refractivity contribution < 1.29 is 257 Å². The van der Waals surface area contributed by atoms with E-state index in [1.807, 2.05) is 27.2 Å². The summed E-state index contributed by atoms with van der Waals surface area (Å²) < 4.78 is 33.1. The SMILES string of the molecule is CO[C@@]12CC[C@@]3(C[C@@H]1[C@](C)(O)C(C)(C)C)[C@H]1Cc4ccc(O)c5c4[C@@]3(CCN1CC1CC1)[C@H]2O5.COc1ccc2c3c1O[C@H]1[C@]4(OC)CC[C@@]5(C[C@@H]4[C@](C)(O)C(C)(C)C)[C@@H](C2)N(CC2CC2)CC[C@]315.[B].[B].[U].[U].[U].[U].[U].[U].[U]. The van der Waals surface area contributed by atoms with Crippen molar-refractivity contribution >= 4 is 16.8 Å². The molecule has 6 radical (unpaired) electrons. The van der Waals surface area contributed by atoms with Crippen molar-refractivity contribution in [2.75, 3.05) is 47.5 Å². The average Bonchev–Trinajstić information content (AvgIpc) is 4.24. The first-order valence-electron chi connectivity index (χ1n) is 27.5. The molecule has 10 aliphatic carbocycles. The quantitative estimate of drug-likeness (QED) is 0.212. The number of rotatable bonds is 9. The normalized spacial score (nSPS) is 38.4. The van der Waals surface area contributed by atoms with Gasteiger partial charge < -0.3 is 39.0 Å². The van der Waals surface area contributed by atoms with Gasteiger partial charge in [0.05, 0.1) is 18.3 Å². The molecular weight excluding hydrogens is 2550 g/mol. The summed E-state index contributed by atoms with van der Waals surface area (Å²) in [4.78, 5) is 5.68. The largest absolute Gasteiger partial charge is 0.504 e. The van der Waals surface area contributed by atoms with Crippen molar-refractivity contribution in [2.24, 2.45) is 45.3 Å². The van der Waals surface area contributed by atoms with E-state index in [2.05, 4.69) is 76.5 Å². The molecule has 0 aromatic heterocycles. The molecule has 78 heavy (non-hydrogen) atoms. The van der Waals surface area contributed by atoms with E-state index in [1.165, 1.54) is 61.0 Å². The number of ether oxygens (including phenoxy) is 5. The smallest absolute Gasteiger partial charge is 0.165 e. The molecule has 19 heteroatoms. The second-order valence-corrected chi connectivity index (χ2v) is 27.8. The fourth-order valence-electron chi connectivity index (χ4n) is 19.3. The predicted octanol–water partition coefficient (Wildman–Crippen LogP) is 8.37. The molecule has 16 rings (SSSR count). The Morgan fingerprint density at radius 2 is 0.936 bits per heavy atom. The molecule has 2 aromatic rings. The molecule has 4 spiro atoms. The third-order valence-corrected chi connectivity index (χ3v) is 23.9. The zero-order chi connectivity index (χ0) is 48.5. The predicted molar refractivity (Wildman–Crippen MR) is 277 cm³/mol. The van der Waals surface area contributed by atoms with E-state index in [0.717, 1.165) is 101 Å². The summed E-state index contributed by atoms with van der Waals surface area (Å²) in [7, 11) is 5.46. The monoisotopic (exact) mass is 2640 g/mol.